The number of aromatic nitrogens is 1. The summed E-state index contributed by atoms with van der Waals surface area (Å²) in [6.07, 6.45) is 1.64. The minimum Gasteiger partial charge on any atom is -0.485 e. The zero-order chi connectivity index (χ0) is 20.5. The summed E-state index contributed by atoms with van der Waals surface area (Å²) in [5, 5.41) is 6.64. The molecule has 1 N–H and O–H groups in total. The molecule has 2 aromatic rings. The van der Waals surface area contributed by atoms with Gasteiger partial charge in [0.05, 0.1) is 13.0 Å². The topological polar surface area (TPSA) is 90.7 Å². The van der Waals surface area contributed by atoms with Crippen LogP contribution in [-0.2, 0) is 16.1 Å². The van der Waals surface area contributed by atoms with E-state index in [0.717, 1.165) is 23.3 Å². The molecule has 1 amide bonds. The van der Waals surface area contributed by atoms with Crippen LogP contribution >= 0.6 is 0 Å². The number of hydrogen-bond acceptors (Lipinski definition) is 6. The molecule has 1 atom stereocenters. The molecule has 1 heterocycles. The van der Waals surface area contributed by atoms with Crippen molar-refractivity contribution in [1.29, 1.82) is 0 Å². The van der Waals surface area contributed by atoms with E-state index in [0.29, 0.717) is 18.8 Å². The summed E-state index contributed by atoms with van der Waals surface area (Å²) >= 11 is 0. The molecule has 0 saturated carbocycles. The van der Waals surface area contributed by atoms with Crippen LogP contribution in [0, 0.1) is 13.8 Å². The third kappa shape index (κ3) is 6.40. The van der Waals surface area contributed by atoms with Crippen molar-refractivity contribution >= 4 is 11.9 Å². The van der Waals surface area contributed by atoms with E-state index in [-0.39, 0.29) is 36.6 Å². The number of ether oxygens (including phenoxy) is 2. The van der Waals surface area contributed by atoms with Crippen molar-refractivity contribution in [3.63, 3.8) is 0 Å². The quantitative estimate of drug-likeness (QED) is 0.624. The van der Waals surface area contributed by atoms with Crippen molar-refractivity contribution in [2.75, 3.05) is 6.61 Å². The Kier molecular flexibility index (Phi) is 8.04. The molecule has 1 aromatic heterocycles. The molecule has 0 bridgehead atoms. The fraction of sp³-hybridized carbons (Fsp3) is 0.476. The number of carbonyl (C=O) groups is 2. The van der Waals surface area contributed by atoms with Gasteiger partial charge in [-0.25, -0.2) is 0 Å². The van der Waals surface area contributed by atoms with Gasteiger partial charge in [-0.15, -0.1) is 0 Å². The first-order valence-corrected chi connectivity index (χ1v) is 9.55. The Morgan fingerprint density at radius 3 is 2.71 bits per heavy atom. The van der Waals surface area contributed by atoms with Crippen LogP contribution in [0.1, 0.15) is 60.5 Å². The van der Waals surface area contributed by atoms with Crippen LogP contribution in [0.3, 0.4) is 0 Å². The molecule has 0 saturated heterocycles. The Bertz CT molecular complexity index is 800. The first-order valence-electron chi connectivity index (χ1n) is 9.55. The van der Waals surface area contributed by atoms with Gasteiger partial charge in [-0.05, 0) is 44.4 Å². The minimum atomic E-state index is -0.385. The molecule has 7 heteroatoms. The molecule has 0 fully saturated rings. The van der Waals surface area contributed by atoms with E-state index in [4.69, 9.17) is 14.0 Å². The monoisotopic (exact) mass is 388 g/mol. The lowest BCUT2D eigenvalue weighted by Crippen LogP contribution is -2.37. The maximum Gasteiger partial charge on any atom is 0.307 e. The highest BCUT2D eigenvalue weighted by molar-refractivity contribution is 5.92. The average Bonchev–Trinajstić information content (AvgIpc) is 3.12. The van der Waals surface area contributed by atoms with E-state index >= 15 is 0 Å². The number of nitrogens with zero attached hydrogens (tertiary/aromatic N) is 1. The van der Waals surface area contributed by atoms with E-state index in [1.807, 2.05) is 39.0 Å². The van der Waals surface area contributed by atoms with Crippen LogP contribution in [0.25, 0.3) is 0 Å². The molecule has 152 valence electrons. The zero-order valence-corrected chi connectivity index (χ0v) is 16.9. The molecule has 0 unspecified atom stereocenters. The first-order chi connectivity index (χ1) is 13.4. The van der Waals surface area contributed by atoms with Gasteiger partial charge in [-0.1, -0.05) is 30.6 Å². The normalized spacial score (nSPS) is 11.7. The molecule has 1 aromatic carbocycles. The Balaban J connectivity index is 1.94. The number of esters is 1. The molecule has 2 rings (SSSR count). The van der Waals surface area contributed by atoms with Crippen molar-refractivity contribution in [1.82, 2.24) is 10.5 Å². The summed E-state index contributed by atoms with van der Waals surface area (Å²) in [5.41, 5.74) is 2.27. The van der Waals surface area contributed by atoms with E-state index in [9.17, 15) is 9.59 Å². The van der Waals surface area contributed by atoms with Crippen LogP contribution in [0.4, 0.5) is 0 Å². The van der Waals surface area contributed by atoms with Crippen LogP contribution in [0.5, 0.6) is 5.75 Å². The molecule has 0 spiro atoms. The molecule has 0 radical (unpaired) electrons. The van der Waals surface area contributed by atoms with Crippen molar-refractivity contribution in [3.05, 3.63) is 46.8 Å². The lowest BCUT2D eigenvalue weighted by atomic mass is 10.1. The Labute approximate surface area is 165 Å². The van der Waals surface area contributed by atoms with Crippen molar-refractivity contribution < 1.29 is 23.6 Å². The summed E-state index contributed by atoms with van der Waals surface area (Å²) in [7, 11) is 0. The van der Waals surface area contributed by atoms with Gasteiger partial charge in [0.15, 0.2) is 11.5 Å². The lowest BCUT2D eigenvalue weighted by Gasteiger charge is -2.16. The number of aryl methyl sites for hydroxylation is 2. The Morgan fingerprint density at radius 2 is 2.00 bits per heavy atom. The molecule has 0 aliphatic carbocycles. The molecule has 28 heavy (non-hydrogen) atoms. The van der Waals surface area contributed by atoms with Gasteiger partial charge in [-0.2, -0.15) is 0 Å². The highest BCUT2D eigenvalue weighted by Crippen LogP contribution is 2.20. The summed E-state index contributed by atoms with van der Waals surface area (Å²) in [4.78, 5) is 24.1. The standard InChI is InChI=1S/C21H28N2O5/c1-5-7-16(11-20(24)26-6-2)22-21(25)18-12-17(28-23-18)13-27-19-10-14(3)8-9-15(19)4/h8-10,12,16H,5-7,11,13H2,1-4H3,(H,22,25)/t16-/m0/s1. The highest BCUT2D eigenvalue weighted by Gasteiger charge is 2.20. The lowest BCUT2D eigenvalue weighted by molar-refractivity contribution is -0.143. The Morgan fingerprint density at radius 1 is 1.21 bits per heavy atom. The van der Waals surface area contributed by atoms with Gasteiger partial charge in [0.1, 0.15) is 12.4 Å². The summed E-state index contributed by atoms with van der Waals surface area (Å²) in [6.45, 7) is 8.19. The first kappa shape index (κ1) is 21.5. The van der Waals surface area contributed by atoms with Crippen LogP contribution < -0.4 is 10.1 Å². The third-order valence-corrected chi connectivity index (χ3v) is 4.20. The van der Waals surface area contributed by atoms with Crippen molar-refractivity contribution in [2.45, 2.75) is 59.6 Å². The predicted molar refractivity (Wildman–Crippen MR) is 104 cm³/mol. The smallest absolute Gasteiger partial charge is 0.307 e. The summed E-state index contributed by atoms with van der Waals surface area (Å²) in [5.74, 6) is 0.497. The second-order valence-electron chi connectivity index (χ2n) is 6.70. The van der Waals surface area contributed by atoms with Crippen LogP contribution in [0.15, 0.2) is 28.8 Å². The second kappa shape index (κ2) is 10.5. The Hall–Kier alpha value is -2.83. The molecule has 7 nitrogen and oxygen atoms in total. The van der Waals surface area contributed by atoms with Gasteiger partial charge >= 0.3 is 5.97 Å². The number of hydrogen-bond donors (Lipinski definition) is 1. The van der Waals surface area contributed by atoms with E-state index in [2.05, 4.69) is 10.5 Å². The highest BCUT2D eigenvalue weighted by atomic mass is 16.5. The molecule has 0 aliphatic rings. The predicted octanol–water partition coefficient (Wildman–Crippen LogP) is 3.72. The van der Waals surface area contributed by atoms with E-state index in [1.54, 1.807) is 13.0 Å². The number of carbonyl (C=O) groups excluding carboxylic acids is 2. The number of nitrogens with one attached hydrogen (secondary N) is 1. The molecule has 0 aliphatic heterocycles. The van der Waals surface area contributed by atoms with Gasteiger partial charge in [0.25, 0.3) is 5.91 Å². The van der Waals surface area contributed by atoms with Gasteiger partial charge in [-0.3, -0.25) is 9.59 Å². The van der Waals surface area contributed by atoms with Crippen molar-refractivity contribution in [2.24, 2.45) is 0 Å². The van der Waals surface area contributed by atoms with Gasteiger partial charge in [0.2, 0.25) is 0 Å². The van der Waals surface area contributed by atoms with E-state index < -0.39 is 0 Å². The van der Waals surface area contributed by atoms with E-state index in [1.165, 1.54) is 0 Å². The summed E-state index contributed by atoms with van der Waals surface area (Å²) in [6, 6.07) is 7.20. The molecular weight excluding hydrogens is 360 g/mol. The second-order valence-corrected chi connectivity index (χ2v) is 6.70. The average molecular weight is 388 g/mol. The summed E-state index contributed by atoms with van der Waals surface area (Å²) < 4.78 is 15.9. The fourth-order valence-electron chi connectivity index (χ4n) is 2.75. The van der Waals surface area contributed by atoms with Crippen LogP contribution in [0.2, 0.25) is 0 Å². The maximum absolute atomic E-state index is 12.4. The van der Waals surface area contributed by atoms with Crippen molar-refractivity contribution in [3.8, 4) is 5.75 Å². The fourth-order valence-corrected chi connectivity index (χ4v) is 2.75. The largest absolute Gasteiger partial charge is 0.485 e. The van der Waals surface area contributed by atoms with Gasteiger partial charge in [0, 0.05) is 12.1 Å². The van der Waals surface area contributed by atoms with Crippen LogP contribution in [-0.4, -0.2) is 29.7 Å². The zero-order valence-electron chi connectivity index (χ0n) is 16.9. The SMILES string of the molecule is CCC[C@@H](CC(=O)OCC)NC(=O)c1cc(COc2cc(C)ccc2C)on1. The third-order valence-electron chi connectivity index (χ3n) is 4.20. The maximum atomic E-state index is 12.4. The number of rotatable bonds is 10. The molecular formula is C21H28N2O5. The number of amides is 1. The minimum absolute atomic E-state index is 0.133. The van der Waals surface area contributed by atoms with Gasteiger partial charge < -0.3 is 19.3 Å². The number of benzene rings is 1.